The minimum atomic E-state index is 0.00630. The number of benzene rings is 1. The molecule has 1 aromatic rings. The van der Waals surface area contributed by atoms with Crippen LogP contribution in [0, 0.1) is 0 Å². The van der Waals surface area contributed by atoms with E-state index in [0.29, 0.717) is 6.04 Å². The predicted molar refractivity (Wildman–Crippen MR) is 75.9 cm³/mol. The summed E-state index contributed by atoms with van der Waals surface area (Å²) in [4.78, 5) is 0. The van der Waals surface area contributed by atoms with Gasteiger partial charge in [-0.05, 0) is 30.5 Å². The van der Waals surface area contributed by atoms with E-state index in [1.54, 1.807) is 0 Å². The van der Waals surface area contributed by atoms with Crippen LogP contribution in [-0.2, 0) is 0 Å². The van der Waals surface area contributed by atoms with E-state index in [9.17, 15) is 5.11 Å². The second-order valence-corrected chi connectivity index (χ2v) is 5.58. The highest BCUT2D eigenvalue weighted by Crippen LogP contribution is 2.22. The van der Waals surface area contributed by atoms with Gasteiger partial charge >= 0.3 is 0 Å². The van der Waals surface area contributed by atoms with Crippen molar-refractivity contribution in [3.05, 3.63) is 34.9 Å². The molecule has 1 aromatic carbocycles. The summed E-state index contributed by atoms with van der Waals surface area (Å²) in [5, 5.41) is 13.9. The normalized spacial score (nSPS) is 19.4. The molecule has 100 valence electrons. The monoisotopic (exact) mass is 267 g/mol. The van der Waals surface area contributed by atoms with Crippen molar-refractivity contribution in [1.29, 1.82) is 0 Å². The molecule has 0 radical (unpaired) electrons. The largest absolute Gasteiger partial charge is 0.394 e. The van der Waals surface area contributed by atoms with E-state index < -0.39 is 0 Å². The molecule has 0 saturated heterocycles. The van der Waals surface area contributed by atoms with Crippen molar-refractivity contribution in [3.63, 3.8) is 0 Å². The fourth-order valence-corrected chi connectivity index (χ4v) is 2.91. The number of halogens is 1. The molecule has 0 aromatic heterocycles. The van der Waals surface area contributed by atoms with Gasteiger partial charge in [-0.3, -0.25) is 0 Å². The van der Waals surface area contributed by atoms with Crippen LogP contribution in [-0.4, -0.2) is 17.8 Å². The summed E-state index contributed by atoms with van der Waals surface area (Å²) in [5.41, 5.74) is 1.08. The van der Waals surface area contributed by atoms with Gasteiger partial charge < -0.3 is 10.4 Å². The number of hydrogen-bond donors (Lipinski definition) is 2. The molecular weight excluding hydrogens is 246 g/mol. The Morgan fingerprint density at radius 2 is 1.94 bits per heavy atom. The van der Waals surface area contributed by atoms with E-state index in [4.69, 9.17) is 11.6 Å². The summed E-state index contributed by atoms with van der Waals surface area (Å²) in [5.74, 6) is 0. The molecule has 0 amide bonds. The lowest BCUT2D eigenvalue weighted by atomic mass is 10.0. The van der Waals surface area contributed by atoms with Gasteiger partial charge in [0, 0.05) is 11.1 Å². The fourth-order valence-electron chi connectivity index (χ4n) is 2.71. The average Bonchev–Trinajstić information content (AvgIpc) is 2.64. The van der Waals surface area contributed by atoms with Crippen molar-refractivity contribution >= 4 is 11.6 Å². The van der Waals surface area contributed by atoms with Gasteiger partial charge in [-0.15, -0.1) is 0 Å². The lowest BCUT2D eigenvalue weighted by molar-refractivity contribution is 0.228. The zero-order valence-electron chi connectivity index (χ0n) is 10.7. The zero-order valence-corrected chi connectivity index (χ0v) is 11.5. The molecule has 18 heavy (non-hydrogen) atoms. The zero-order chi connectivity index (χ0) is 12.8. The number of hydrogen-bond acceptors (Lipinski definition) is 2. The van der Waals surface area contributed by atoms with Crippen LogP contribution >= 0.6 is 11.6 Å². The summed E-state index contributed by atoms with van der Waals surface area (Å²) in [6.07, 6.45) is 7.73. The van der Waals surface area contributed by atoms with Gasteiger partial charge in [0.05, 0.1) is 12.6 Å². The number of rotatable bonds is 4. The Morgan fingerprint density at radius 1 is 1.22 bits per heavy atom. The quantitative estimate of drug-likeness (QED) is 0.816. The van der Waals surface area contributed by atoms with Crippen LogP contribution in [0.3, 0.4) is 0 Å². The van der Waals surface area contributed by atoms with Crippen molar-refractivity contribution in [2.75, 3.05) is 6.61 Å². The topological polar surface area (TPSA) is 32.3 Å². The maximum atomic E-state index is 9.57. The fraction of sp³-hybridized carbons (Fsp3) is 0.600. The minimum absolute atomic E-state index is 0.00630. The van der Waals surface area contributed by atoms with Crippen molar-refractivity contribution in [2.45, 2.75) is 50.6 Å². The minimum Gasteiger partial charge on any atom is -0.394 e. The summed E-state index contributed by atoms with van der Waals surface area (Å²) >= 11 is 6.01. The van der Waals surface area contributed by atoms with Crippen LogP contribution < -0.4 is 5.32 Å². The first-order valence-electron chi connectivity index (χ1n) is 6.92. The summed E-state index contributed by atoms with van der Waals surface area (Å²) in [6, 6.07) is 8.30. The smallest absolute Gasteiger partial charge is 0.0626 e. The molecule has 0 spiro atoms. The Hall–Kier alpha value is -0.570. The molecule has 2 nitrogen and oxygen atoms in total. The van der Waals surface area contributed by atoms with Crippen molar-refractivity contribution in [3.8, 4) is 0 Å². The van der Waals surface area contributed by atoms with Crippen molar-refractivity contribution in [2.24, 2.45) is 0 Å². The molecule has 0 bridgehead atoms. The highest BCUT2D eigenvalue weighted by molar-refractivity contribution is 6.30. The standard InChI is InChI=1S/C15H22ClNO/c16-13-7-5-6-12(10-13)15(11-18)17-14-8-3-1-2-4-9-14/h5-7,10,14-15,17-18H,1-4,8-9,11H2. The van der Waals surface area contributed by atoms with Gasteiger partial charge in [-0.25, -0.2) is 0 Å². The first-order chi connectivity index (χ1) is 8.79. The third kappa shape index (κ3) is 3.98. The molecule has 1 fully saturated rings. The molecule has 0 heterocycles. The molecule has 2 N–H and O–H groups in total. The van der Waals surface area contributed by atoms with Crippen LogP contribution in [0.25, 0.3) is 0 Å². The first kappa shape index (κ1) is 13.9. The van der Waals surface area contributed by atoms with Gasteiger partial charge in [0.2, 0.25) is 0 Å². The van der Waals surface area contributed by atoms with Gasteiger partial charge in [0.15, 0.2) is 0 Å². The molecular formula is C15H22ClNO. The molecule has 3 heteroatoms. The third-order valence-corrected chi connectivity index (χ3v) is 3.96. The van der Waals surface area contributed by atoms with Gasteiger partial charge in [-0.2, -0.15) is 0 Å². The number of aliphatic hydroxyl groups excluding tert-OH is 1. The van der Waals surface area contributed by atoms with Crippen LogP contribution in [0.1, 0.15) is 50.1 Å². The van der Waals surface area contributed by atoms with Gasteiger partial charge in [0.25, 0.3) is 0 Å². The summed E-state index contributed by atoms with van der Waals surface area (Å²) < 4.78 is 0. The second kappa shape index (κ2) is 7.13. The second-order valence-electron chi connectivity index (χ2n) is 5.15. The molecule has 1 aliphatic carbocycles. The van der Waals surface area contributed by atoms with E-state index in [-0.39, 0.29) is 12.6 Å². The molecule has 1 aliphatic rings. The Labute approximate surface area is 114 Å². The average molecular weight is 268 g/mol. The maximum Gasteiger partial charge on any atom is 0.0626 e. The van der Waals surface area contributed by atoms with Crippen molar-refractivity contribution in [1.82, 2.24) is 5.32 Å². The Bertz CT molecular complexity index is 361. The SMILES string of the molecule is OCC(NC1CCCCCC1)c1cccc(Cl)c1. The maximum absolute atomic E-state index is 9.57. The van der Waals surface area contributed by atoms with Crippen LogP contribution in [0.15, 0.2) is 24.3 Å². The molecule has 1 atom stereocenters. The molecule has 0 aliphatic heterocycles. The van der Waals surface area contributed by atoms with Crippen molar-refractivity contribution < 1.29 is 5.11 Å². The van der Waals surface area contributed by atoms with Crippen LogP contribution in [0.2, 0.25) is 5.02 Å². The Kier molecular flexibility index (Phi) is 5.48. The number of nitrogens with one attached hydrogen (secondary N) is 1. The van der Waals surface area contributed by atoms with Crippen LogP contribution in [0.4, 0.5) is 0 Å². The van der Waals surface area contributed by atoms with E-state index >= 15 is 0 Å². The Morgan fingerprint density at radius 3 is 2.56 bits per heavy atom. The predicted octanol–water partition coefficient (Wildman–Crippen LogP) is 3.69. The number of aliphatic hydroxyl groups is 1. The third-order valence-electron chi connectivity index (χ3n) is 3.73. The summed E-state index contributed by atoms with van der Waals surface area (Å²) in [6.45, 7) is 0.122. The highest BCUT2D eigenvalue weighted by Gasteiger charge is 2.17. The van der Waals surface area contributed by atoms with E-state index in [0.717, 1.165) is 10.6 Å². The molecule has 2 rings (SSSR count). The lowest BCUT2D eigenvalue weighted by Gasteiger charge is -2.24. The van der Waals surface area contributed by atoms with Gasteiger partial charge in [-0.1, -0.05) is 49.4 Å². The highest BCUT2D eigenvalue weighted by atomic mass is 35.5. The molecule has 1 saturated carbocycles. The first-order valence-corrected chi connectivity index (χ1v) is 7.30. The summed E-state index contributed by atoms with van der Waals surface area (Å²) in [7, 11) is 0. The van der Waals surface area contributed by atoms with E-state index in [1.165, 1.54) is 38.5 Å². The molecule has 1 unspecified atom stereocenters. The van der Waals surface area contributed by atoms with E-state index in [1.807, 2.05) is 24.3 Å². The van der Waals surface area contributed by atoms with E-state index in [2.05, 4.69) is 5.32 Å². The lowest BCUT2D eigenvalue weighted by Crippen LogP contribution is -2.34. The van der Waals surface area contributed by atoms with Gasteiger partial charge in [0.1, 0.15) is 0 Å². The van der Waals surface area contributed by atoms with Crippen LogP contribution in [0.5, 0.6) is 0 Å². The Balaban J connectivity index is 1.99.